The molecule has 0 spiro atoms. The van der Waals surface area contributed by atoms with Crippen LogP contribution in [0.4, 0.5) is 0 Å². The standard InChI is InChI=1S/C15H25N3O/c1-2-4-7-12(6-3-1)15-18-17-14(19-15)8-5-11-16-13-9-10-13/h12-13,16H,1-11H2. The molecule has 0 amide bonds. The van der Waals surface area contributed by atoms with Crippen LogP contribution in [0.15, 0.2) is 4.42 Å². The molecule has 0 radical (unpaired) electrons. The number of rotatable bonds is 6. The minimum Gasteiger partial charge on any atom is -0.425 e. The molecule has 19 heavy (non-hydrogen) atoms. The summed E-state index contributed by atoms with van der Waals surface area (Å²) in [5.74, 6) is 2.25. The van der Waals surface area contributed by atoms with Crippen LogP contribution in [0.5, 0.6) is 0 Å². The summed E-state index contributed by atoms with van der Waals surface area (Å²) in [6.45, 7) is 1.08. The third kappa shape index (κ3) is 4.03. The van der Waals surface area contributed by atoms with Crippen LogP contribution in [0.1, 0.15) is 75.5 Å². The molecule has 0 unspecified atom stereocenters. The van der Waals surface area contributed by atoms with E-state index < -0.39 is 0 Å². The van der Waals surface area contributed by atoms with Crippen LogP contribution < -0.4 is 5.32 Å². The van der Waals surface area contributed by atoms with Crippen molar-refractivity contribution in [3.63, 3.8) is 0 Å². The van der Waals surface area contributed by atoms with Gasteiger partial charge in [0.2, 0.25) is 11.8 Å². The van der Waals surface area contributed by atoms with Crippen LogP contribution in [0.2, 0.25) is 0 Å². The van der Waals surface area contributed by atoms with E-state index in [9.17, 15) is 0 Å². The predicted octanol–water partition coefficient (Wildman–Crippen LogP) is 3.19. The molecule has 0 saturated heterocycles. The minimum absolute atomic E-state index is 0.522. The third-order valence-corrected chi connectivity index (χ3v) is 4.26. The Labute approximate surface area is 115 Å². The second kappa shape index (κ2) is 6.51. The van der Waals surface area contributed by atoms with E-state index in [4.69, 9.17) is 4.42 Å². The Balaban J connectivity index is 1.44. The zero-order chi connectivity index (χ0) is 12.9. The summed E-state index contributed by atoms with van der Waals surface area (Å²) in [5.41, 5.74) is 0. The van der Waals surface area contributed by atoms with Gasteiger partial charge in [0.15, 0.2) is 0 Å². The number of nitrogens with zero attached hydrogens (tertiary/aromatic N) is 2. The highest BCUT2D eigenvalue weighted by atomic mass is 16.4. The van der Waals surface area contributed by atoms with Crippen molar-refractivity contribution in [3.05, 3.63) is 11.8 Å². The van der Waals surface area contributed by atoms with Crippen molar-refractivity contribution in [1.82, 2.24) is 15.5 Å². The smallest absolute Gasteiger partial charge is 0.219 e. The summed E-state index contributed by atoms with van der Waals surface area (Å²) in [4.78, 5) is 0. The van der Waals surface area contributed by atoms with Gasteiger partial charge in [0.25, 0.3) is 0 Å². The fourth-order valence-corrected chi connectivity index (χ4v) is 2.89. The maximum atomic E-state index is 5.85. The highest BCUT2D eigenvalue weighted by Crippen LogP contribution is 2.30. The first kappa shape index (κ1) is 13.1. The van der Waals surface area contributed by atoms with Gasteiger partial charge in [0, 0.05) is 18.4 Å². The molecule has 0 aliphatic heterocycles. The molecule has 1 heterocycles. The van der Waals surface area contributed by atoms with E-state index in [1.807, 2.05) is 0 Å². The summed E-state index contributed by atoms with van der Waals surface area (Å²) in [6.07, 6.45) is 12.5. The van der Waals surface area contributed by atoms with Gasteiger partial charge >= 0.3 is 0 Å². The van der Waals surface area contributed by atoms with Crippen molar-refractivity contribution in [2.24, 2.45) is 0 Å². The number of hydrogen-bond acceptors (Lipinski definition) is 4. The zero-order valence-electron chi connectivity index (χ0n) is 11.7. The molecule has 1 aromatic heterocycles. The fourth-order valence-electron chi connectivity index (χ4n) is 2.89. The molecule has 2 saturated carbocycles. The van der Waals surface area contributed by atoms with E-state index in [2.05, 4.69) is 15.5 Å². The molecule has 4 nitrogen and oxygen atoms in total. The molecule has 106 valence electrons. The summed E-state index contributed by atoms with van der Waals surface area (Å²) in [6, 6.07) is 0.796. The molecular formula is C15H25N3O. The first-order chi connectivity index (χ1) is 9.42. The molecule has 2 aliphatic carbocycles. The van der Waals surface area contributed by atoms with Gasteiger partial charge in [-0.2, -0.15) is 0 Å². The molecule has 1 N–H and O–H groups in total. The number of hydrogen-bond donors (Lipinski definition) is 1. The monoisotopic (exact) mass is 263 g/mol. The van der Waals surface area contributed by atoms with E-state index in [1.165, 1.54) is 51.4 Å². The van der Waals surface area contributed by atoms with Crippen molar-refractivity contribution in [2.75, 3.05) is 6.54 Å². The average molecular weight is 263 g/mol. The Morgan fingerprint density at radius 1 is 1.00 bits per heavy atom. The highest BCUT2D eigenvalue weighted by molar-refractivity contribution is 4.92. The largest absolute Gasteiger partial charge is 0.425 e. The second-order valence-corrected chi connectivity index (χ2v) is 6.05. The van der Waals surface area contributed by atoms with Crippen LogP contribution >= 0.6 is 0 Å². The average Bonchev–Trinajstić information content (AvgIpc) is 3.19. The van der Waals surface area contributed by atoms with Crippen LogP contribution in [-0.4, -0.2) is 22.8 Å². The molecule has 3 rings (SSSR count). The second-order valence-electron chi connectivity index (χ2n) is 6.05. The van der Waals surface area contributed by atoms with Crippen LogP contribution in [-0.2, 0) is 6.42 Å². The summed E-state index contributed by atoms with van der Waals surface area (Å²) in [7, 11) is 0. The topological polar surface area (TPSA) is 51.0 Å². The summed E-state index contributed by atoms with van der Waals surface area (Å²) < 4.78 is 5.85. The Morgan fingerprint density at radius 3 is 2.53 bits per heavy atom. The molecule has 0 bridgehead atoms. The van der Waals surface area contributed by atoms with Gasteiger partial charge in [0.05, 0.1) is 0 Å². The van der Waals surface area contributed by atoms with E-state index in [0.29, 0.717) is 5.92 Å². The van der Waals surface area contributed by atoms with Crippen LogP contribution in [0, 0.1) is 0 Å². The van der Waals surface area contributed by atoms with E-state index in [-0.39, 0.29) is 0 Å². The quantitative estimate of drug-likeness (QED) is 0.632. The predicted molar refractivity (Wildman–Crippen MR) is 74.1 cm³/mol. The lowest BCUT2D eigenvalue weighted by molar-refractivity contribution is 0.391. The van der Waals surface area contributed by atoms with Crippen molar-refractivity contribution < 1.29 is 4.42 Å². The van der Waals surface area contributed by atoms with Gasteiger partial charge in [-0.25, -0.2) is 0 Å². The zero-order valence-corrected chi connectivity index (χ0v) is 11.7. The van der Waals surface area contributed by atoms with E-state index in [0.717, 1.165) is 37.2 Å². The van der Waals surface area contributed by atoms with Crippen molar-refractivity contribution in [2.45, 2.75) is 76.2 Å². The molecule has 4 heteroatoms. The lowest BCUT2D eigenvalue weighted by atomic mass is 10.0. The summed E-state index contributed by atoms with van der Waals surface area (Å²) in [5, 5.41) is 12.0. The van der Waals surface area contributed by atoms with Crippen LogP contribution in [0.25, 0.3) is 0 Å². The third-order valence-electron chi connectivity index (χ3n) is 4.26. The summed E-state index contributed by atoms with van der Waals surface area (Å²) >= 11 is 0. The Bertz CT molecular complexity index is 378. The van der Waals surface area contributed by atoms with Gasteiger partial charge < -0.3 is 9.73 Å². The highest BCUT2D eigenvalue weighted by Gasteiger charge is 2.21. The van der Waals surface area contributed by atoms with Gasteiger partial charge in [0.1, 0.15) is 0 Å². The van der Waals surface area contributed by atoms with Crippen LogP contribution in [0.3, 0.4) is 0 Å². The lowest BCUT2D eigenvalue weighted by Gasteiger charge is -2.07. The molecule has 1 aromatic rings. The van der Waals surface area contributed by atoms with Gasteiger partial charge in [-0.15, -0.1) is 10.2 Å². The Hall–Kier alpha value is -0.900. The number of nitrogens with one attached hydrogen (secondary N) is 1. The van der Waals surface area contributed by atoms with Crippen molar-refractivity contribution in [1.29, 1.82) is 0 Å². The molecule has 0 aromatic carbocycles. The van der Waals surface area contributed by atoms with Gasteiger partial charge in [-0.1, -0.05) is 25.7 Å². The van der Waals surface area contributed by atoms with Gasteiger partial charge in [-0.3, -0.25) is 0 Å². The van der Waals surface area contributed by atoms with E-state index >= 15 is 0 Å². The van der Waals surface area contributed by atoms with Gasteiger partial charge in [-0.05, 0) is 38.6 Å². The fraction of sp³-hybridized carbons (Fsp3) is 0.867. The van der Waals surface area contributed by atoms with Crippen molar-refractivity contribution >= 4 is 0 Å². The Morgan fingerprint density at radius 2 is 1.79 bits per heavy atom. The lowest BCUT2D eigenvalue weighted by Crippen LogP contribution is -2.17. The SMILES string of the molecule is C1CCCC(c2nnc(CCCNC3CC3)o2)CC1. The molecule has 0 atom stereocenters. The number of aryl methyl sites for hydroxylation is 1. The first-order valence-corrected chi connectivity index (χ1v) is 7.97. The molecule has 2 aliphatic rings. The van der Waals surface area contributed by atoms with E-state index in [1.54, 1.807) is 0 Å². The molecule has 2 fully saturated rings. The minimum atomic E-state index is 0.522. The van der Waals surface area contributed by atoms with Crippen molar-refractivity contribution in [3.8, 4) is 0 Å². The Kier molecular flexibility index (Phi) is 4.49. The number of aromatic nitrogens is 2. The molecular weight excluding hydrogens is 238 g/mol. The normalized spacial score (nSPS) is 21.5. The maximum absolute atomic E-state index is 5.85. The maximum Gasteiger partial charge on any atom is 0.219 e. The first-order valence-electron chi connectivity index (χ1n) is 7.97.